The second kappa shape index (κ2) is 18.9. The molecular weight excluding hydrogens is 781 g/mol. The maximum Gasteiger partial charge on any atom is 0.418 e. The van der Waals surface area contributed by atoms with E-state index in [9.17, 15) is 37.1 Å². The number of nitrogens with one attached hydrogen (secondary N) is 1. The Hall–Kier alpha value is -4.73. The number of rotatable bonds is 10. The van der Waals surface area contributed by atoms with Crippen LogP contribution in [0.1, 0.15) is 75.0 Å². The highest BCUT2D eigenvalue weighted by atomic mass is 35.5. The summed E-state index contributed by atoms with van der Waals surface area (Å²) in [6.07, 6.45) is -2.56. The number of ether oxygens (including phenoxy) is 2. The molecule has 3 N–H and O–H groups in total. The van der Waals surface area contributed by atoms with Crippen molar-refractivity contribution in [3.63, 3.8) is 0 Å². The fourth-order valence-electron chi connectivity index (χ4n) is 8.73. The van der Waals surface area contributed by atoms with Gasteiger partial charge in [0.25, 0.3) is 5.91 Å². The van der Waals surface area contributed by atoms with Crippen molar-refractivity contribution in [2.45, 2.75) is 89.5 Å². The number of halogens is 4. The van der Waals surface area contributed by atoms with E-state index in [2.05, 4.69) is 5.32 Å². The number of piperidine rings is 3. The Morgan fingerprint density at radius 3 is 2.14 bits per heavy atom. The number of carbonyl (C=O) groups excluding carboxylic acids is 5. The number of anilines is 2. The molecule has 0 saturated carbocycles. The van der Waals surface area contributed by atoms with E-state index in [1.54, 1.807) is 21.6 Å². The summed E-state index contributed by atoms with van der Waals surface area (Å²) in [5.41, 5.74) is 5.78. The van der Waals surface area contributed by atoms with E-state index < -0.39 is 35.5 Å². The van der Waals surface area contributed by atoms with E-state index in [0.29, 0.717) is 76.7 Å². The second-order valence-corrected chi connectivity index (χ2v) is 16.0. The van der Waals surface area contributed by atoms with E-state index in [-0.39, 0.29) is 73.5 Å². The standard InChI is InChI=1S/C41H52ClF3N6O7/c1-2-57-36(53)8-7-35(52)48-16-9-27(10-17-48)28-11-18-49(19-12-28)38(54)34(25-26-23-31(41(43,44)45)37(46)32(42)24-26)58-40(56)50-20-14-30(15-21-50)51-22-13-29-5-3-4-6-33(29)47-39(51)55/h3-6,23-24,27-28,30,34H,2,7-22,25,46H2,1H3,(H,47,55)/t34-/m1/s1. The predicted octanol–water partition coefficient (Wildman–Crippen LogP) is 6.36. The van der Waals surface area contributed by atoms with Crippen LogP contribution >= 0.6 is 11.6 Å². The van der Waals surface area contributed by atoms with Gasteiger partial charge in [-0.25, -0.2) is 9.59 Å². The molecule has 1 atom stereocenters. The SMILES string of the molecule is CCOC(=O)CCC(=O)N1CCC(C2CCN(C(=O)[C@@H](Cc3cc(Cl)c(N)c(C(F)(F)F)c3)OC(=O)N3CCC(N4CCc5ccccc5NC4=O)CC3)CC2)CC1. The van der Waals surface area contributed by atoms with Gasteiger partial charge in [0.05, 0.1) is 29.3 Å². The van der Waals surface area contributed by atoms with Gasteiger partial charge in [-0.1, -0.05) is 29.8 Å². The number of nitrogens with zero attached hydrogens (tertiary/aromatic N) is 4. The van der Waals surface area contributed by atoms with Gasteiger partial charge in [-0.05, 0) is 93.0 Å². The Kier molecular flexibility index (Phi) is 14.0. The molecule has 6 rings (SSSR count). The number of fused-ring (bicyclic) bond motifs is 1. The zero-order valence-electron chi connectivity index (χ0n) is 32.7. The van der Waals surface area contributed by atoms with Crippen molar-refractivity contribution < 1.29 is 46.6 Å². The van der Waals surface area contributed by atoms with Crippen molar-refractivity contribution in [3.05, 3.63) is 58.1 Å². The molecule has 0 bridgehead atoms. The number of amides is 5. The molecule has 4 heterocycles. The lowest BCUT2D eigenvalue weighted by Crippen LogP contribution is -2.52. The first-order valence-corrected chi connectivity index (χ1v) is 20.6. The van der Waals surface area contributed by atoms with Gasteiger partial charge in [0.2, 0.25) is 5.91 Å². The third kappa shape index (κ3) is 10.5. The van der Waals surface area contributed by atoms with Gasteiger partial charge >= 0.3 is 24.3 Å². The number of alkyl halides is 3. The smallest absolute Gasteiger partial charge is 0.418 e. The number of hydrogen-bond donors (Lipinski definition) is 2. The zero-order valence-corrected chi connectivity index (χ0v) is 33.5. The van der Waals surface area contributed by atoms with Crippen LogP contribution in [0.25, 0.3) is 0 Å². The first kappa shape index (κ1) is 42.9. The summed E-state index contributed by atoms with van der Waals surface area (Å²) in [6.45, 7) is 4.95. The average Bonchev–Trinajstić information content (AvgIpc) is 3.38. The summed E-state index contributed by atoms with van der Waals surface area (Å²) in [5, 5.41) is 2.66. The number of likely N-dealkylation sites (tertiary alicyclic amines) is 3. The van der Waals surface area contributed by atoms with Crippen LogP contribution in [0.15, 0.2) is 36.4 Å². The Morgan fingerprint density at radius 2 is 1.50 bits per heavy atom. The minimum absolute atomic E-state index is 0.0444. The zero-order chi connectivity index (χ0) is 41.6. The Labute approximate surface area is 341 Å². The predicted molar refractivity (Wildman–Crippen MR) is 210 cm³/mol. The Bertz CT molecular complexity index is 1830. The number of urea groups is 1. The third-order valence-electron chi connectivity index (χ3n) is 12.0. The average molecular weight is 833 g/mol. The maximum absolute atomic E-state index is 14.1. The number of hydrogen-bond acceptors (Lipinski definition) is 8. The highest BCUT2D eigenvalue weighted by Gasteiger charge is 2.39. The maximum atomic E-state index is 14.1. The highest BCUT2D eigenvalue weighted by molar-refractivity contribution is 6.33. The number of esters is 1. The van der Waals surface area contributed by atoms with Crippen molar-refractivity contribution in [1.29, 1.82) is 0 Å². The molecule has 4 aliphatic heterocycles. The number of nitrogen functional groups attached to an aromatic ring is 1. The van der Waals surface area contributed by atoms with Crippen molar-refractivity contribution in [1.82, 2.24) is 19.6 Å². The molecule has 5 amide bonds. The molecule has 4 aliphatic rings. The van der Waals surface area contributed by atoms with Crippen LogP contribution in [0, 0.1) is 11.8 Å². The van der Waals surface area contributed by atoms with Gasteiger partial charge in [0, 0.05) is 70.4 Å². The number of carbonyl (C=O) groups is 5. The van der Waals surface area contributed by atoms with Crippen molar-refractivity contribution in [2.24, 2.45) is 11.8 Å². The molecular formula is C41H52ClF3N6O7. The first-order chi connectivity index (χ1) is 27.7. The van der Waals surface area contributed by atoms with Crippen LogP contribution in [0.4, 0.5) is 34.1 Å². The fourth-order valence-corrected chi connectivity index (χ4v) is 8.97. The van der Waals surface area contributed by atoms with Crippen molar-refractivity contribution >= 4 is 52.9 Å². The van der Waals surface area contributed by atoms with Gasteiger partial charge in [-0.2, -0.15) is 13.2 Å². The quantitative estimate of drug-likeness (QED) is 0.207. The van der Waals surface area contributed by atoms with Gasteiger partial charge < -0.3 is 40.1 Å². The summed E-state index contributed by atoms with van der Waals surface area (Å²) >= 11 is 6.14. The molecule has 0 unspecified atom stereocenters. The van der Waals surface area contributed by atoms with Crippen LogP contribution in [-0.2, 0) is 42.9 Å². The molecule has 2 aromatic carbocycles. The molecule has 0 aromatic heterocycles. The van der Waals surface area contributed by atoms with Crippen LogP contribution in [-0.4, -0.2) is 114 Å². The third-order valence-corrected chi connectivity index (χ3v) is 12.3. The monoisotopic (exact) mass is 832 g/mol. The van der Waals surface area contributed by atoms with Gasteiger partial charge in [-0.15, -0.1) is 0 Å². The number of para-hydroxylation sites is 1. The highest BCUT2D eigenvalue weighted by Crippen LogP contribution is 2.39. The summed E-state index contributed by atoms with van der Waals surface area (Å²) in [7, 11) is 0. The molecule has 2 aromatic rings. The van der Waals surface area contributed by atoms with Crippen molar-refractivity contribution in [3.8, 4) is 0 Å². The van der Waals surface area contributed by atoms with E-state index in [1.807, 2.05) is 24.3 Å². The van der Waals surface area contributed by atoms with Crippen LogP contribution < -0.4 is 11.1 Å². The largest absolute Gasteiger partial charge is 0.466 e. The summed E-state index contributed by atoms with van der Waals surface area (Å²) in [4.78, 5) is 72.0. The van der Waals surface area contributed by atoms with E-state index in [1.165, 1.54) is 11.0 Å². The summed E-state index contributed by atoms with van der Waals surface area (Å²) in [6, 6.07) is 9.41. The van der Waals surface area contributed by atoms with E-state index in [0.717, 1.165) is 30.2 Å². The molecule has 58 heavy (non-hydrogen) atoms. The molecule has 13 nitrogen and oxygen atoms in total. The lowest BCUT2D eigenvalue weighted by Gasteiger charge is -2.41. The van der Waals surface area contributed by atoms with Gasteiger partial charge in [-0.3, -0.25) is 14.4 Å². The normalized spacial score (nSPS) is 19.2. The number of nitrogens with two attached hydrogens (primary N) is 1. The molecule has 3 fully saturated rings. The molecule has 3 saturated heterocycles. The topological polar surface area (TPSA) is 155 Å². The Balaban J connectivity index is 1.07. The van der Waals surface area contributed by atoms with Crippen LogP contribution in [0.5, 0.6) is 0 Å². The van der Waals surface area contributed by atoms with Crippen LogP contribution in [0.2, 0.25) is 5.02 Å². The minimum Gasteiger partial charge on any atom is -0.466 e. The summed E-state index contributed by atoms with van der Waals surface area (Å²) < 4.78 is 52.5. The van der Waals surface area contributed by atoms with Gasteiger partial charge in [0.1, 0.15) is 0 Å². The minimum atomic E-state index is -4.80. The molecule has 0 spiro atoms. The van der Waals surface area contributed by atoms with Gasteiger partial charge in [0.15, 0.2) is 6.10 Å². The number of benzene rings is 2. The molecule has 17 heteroatoms. The van der Waals surface area contributed by atoms with E-state index >= 15 is 0 Å². The van der Waals surface area contributed by atoms with Crippen LogP contribution in [0.3, 0.4) is 0 Å². The lowest BCUT2D eigenvalue weighted by molar-refractivity contribution is -0.146. The first-order valence-electron chi connectivity index (χ1n) is 20.2. The summed E-state index contributed by atoms with van der Waals surface area (Å²) in [5.74, 6) is -0.326. The molecule has 0 aliphatic carbocycles. The van der Waals surface area contributed by atoms with E-state index in [4.69, 9.17) is 26.8 Å². The second-order valence-electron chi connectivity index (χ2n) is 15.5. The Morgan fingerprint density at radius 1 is 0.879 bits per heavy atom. The molecule has 0 radical (unpaired) electrons. The molecule has 316 valence electrons. The lowest BCUT2D eigenvalue weighted by atomic mass is 9.78. The fraction of sp³-hybridized carbons (Fsp3) is 0.585. The van der Waals surface area contributed by atoms with Crippen molar-refractivity contribution in [2.75, 3.05) is 63.5 Å².